The average molecular weight is 233 g/mol. The molecule has 90 valence electrons. The third-order valence-corrected chi connectivity index (χ3v) is 2.72. The standard InChI is InChI=1S/C13H15NO3/c1-13(2,3)11-10-5-4-9(15)6-8(10)7-14(11)12(16)17/h4-7,15H,1-3H3,(H,16,17). The summed E-state index contributed by atoms with van der Waals surface area (Å²) in [6.45, 7) is 5.90. The molecule has 2 rings (SSSR count). The molecule has 1 aromatic heterocycles. The van der Waals surface area contributed by atoms with E-state index in [-0.39, 0.29) is 11.2 Å². The molecule has 0 aliphatic heterocycles. The largest absolute Gasteiger partial charge is 0.508 e. The van der Waals surface area contributed by atoms with Crippen molar-refractivity contribution in [3.8, 4) is 5.75 Å². The SMILES string of the molecule is CC(C)(C)c1c2ccc(O)cc2cn1C(=O)O. The summed E-state index contributed by atoms with van der Waals surface area (Å²) in [6.07, 6.45) is 0.531. The normalized spacial score (nSPS) is 11.9. The zero-order valence-electron chi connectivity index (χ0n) is 10.1. The van der Waals surface area contributed by atoms with E-state index >= 15 is 0 Å². The van der Waals surface area contributed by atoms with E-state index in [0.29, 0.717) is 0 Å². The number of benzene rings is 1. The number of fused-ring (bicyclic) bond motifs is 1. The molecule has 0 radical (unpaired) electrons. The van der Waals surface area contributed by atoms with Crippen LogP contribution in [0.3, 0.4) is 0 Å². The molecule has 0 aliphatic rings. The van der Waals surface area contributed by atoms with Crippen LogP contribution in [0.4, 0.5) is 4.79 Å². The molecule has 0 aliphatic carbocycles. The lowest BCUT2D eigenvalue weighted by molar-refractivity contribution is 0.194. The Kier molecular flexibility index (Phi) is 2.38. The van der Waals surface area contributed by atoms with Crippen molar-refractivity contribution in [2.24, 2.45) is 0 Å². The predicted octanol–water partition coefficient (Wildman–Crippen LogP) is 3.17. The van der Waals surface area contributed by atoms with Crippen LogP contribution in [0.25, 0.3) is 10.8 Å². The van der Waals surface area contributed by atoms with Gasteiger partial charge in [0.05, 0.1) is 0 Å². The first-order valence-corrected chi connectivity index (χ1v) is 5.38. The number of carboxylic acid groups (broad SMARTS) is 1. The fourth-order valence-corrected chi connectivity index (χ4v) is 2.12. The van der Waals surface area contributed by atoms with E-state index in [9.17, 15) is 15.0 Å². The molecule has 0 amide bonds. The number of phenolic OH excluding ortho intramolecular Hbond substituents is 1. The van der Waals surface area contributed by atoms with Gasteiger partial charge in [-0.1, -0.05) is 20.8 Å². The van der Waals surface area contributed by atoms with Gasteiger partial charge in [-0.25, -0.2) is 4.79 Å². The number of hydrogen-bond acceptors (Lipinski definition) is 2. The third-order valence-electron chi connectivity index (χ3n) is 2.72. The maximum Gasteiger partial charge on any atom is 0.415 e. The molecule has 0 fully saturated rings. The topological polar surface area (TPSA) is 62.5 Å². The molecule has 2 N–H and O–H groups in total. The lowest BCUT2D eigenvalue weighted by atomic mass is 9.89. The van der Waals surface area contributed by atoms with Crippen molar-refractivity contribution in [3.05, 3.63) is 30.1 Å². The van der Waals surface area contributed by atoms with E-state index in [1.54, 1.807) is 18.2 Å². The van der Waals surface area contributed by atoms with Crippen molar-refractivity contribution in [1.82, 2.24) is 4.57 Å². The maximum absolute atomic E-state index is 11.2. The fraction of sp³-hybridized carbons (Fsp3) is 0.308. The van der Waals surface area contributed by atoms with E-state index in [0.717, 1.165) is 16.5 Å². The van der Waals surface area contributed by atoms with E-state index in [4.69, 9.17) is 0 Å². The second kappa shape index (κ2) is 3.52. The first-order chi connectivity index (χ1) is 7.80. The molecule has 0 spiro atoms. The highest BCUT2D eigenvalue weighted by Gasteiger charge is 2.24. The molecule has 17 heavy (non-hydrogen) atoms. The summed E-state index contributed by atoms with van der Waals surface area (Å²) < 4.78 is 1.23. The number of carbonyl (C=O) groups is 1. The summed E-state index contributed by atoms with van der Waals surface area (Å²) in [5.41, 5.74) is 0.455. The van der Waals surface area contributed by atoms with E-state index in [1.165, 1.54) is 10.8 Å². The Balaban J connectivity index is 2.86. The Hall–Kier alpha value is -1.97. The number of phenols is 1. The summed E-state index contributed by atoms with van der Waals surface area (Å²) in [5, 5.41) is 20.2. The Bertz CT molecular complexity index is 590. The van der Waals surface area contributed by atoms with Crippen LogP contribution in [0.1, 0.15) is 26.5 Å². The smallest absolute Gasteiger partial charge is 0.415 e. The highest BCUT2D eigenvalue weighted by molar-refractivity contribution is 5.91. The van der Waals surface area contributed by atoms with Crippen LogP contribution in [-0.2, 0) is 5.41 Å². The van der Waals surface area contributed by atoms with Crippen LogP contribution in [0, 0.1) is 0 Å². The molecule has 0 saturated heterocycles. The first kappa shape index (κ1) is 11.5. The first-order valence-electron chi connectivity index (χ1n) is 5.38. The van der Waals surface area contributed by atoms with Crippen LogP contribution in [-0.4, -0.2) is 20.9 Å². The molecule has 0 atom stereocenters. The number of rotatable bonds is 0. The van der Waals surface area contributed by atoms with Crippen LogP contribution >= 0.6 is 0 Å². The fourth-order valence-electron chi connectivity index (χ4n) is 2.12. The van der Waals surface area contributed by atoms with Crippen LogP contribution in [0.15, 0.2) is 24.4 Å². The van der Waals surface area contributed by atoms with Gasteiger partial charge in [-0.15, -0.1) is 0 Å². The number of aromatic nitrogens is 1. The second-order valence-electron chi connectivity index (χ2n) is 5.15. The highest BCUT2D eigenvalue weighted by atomic mass is 16.4. The van der Waals surface area contributed by atoms with Crippen molar-refractivity contribution in [3.63, 3.8) is 0 Å². The second-order valence-corrected chi connectivity index (χ2v) is 5.15. The quantitative estimate of drug-likeness (QED) is 0.734. The minimum Gasteiger partial charge on any atom is -0.508 e. The van der Waals surface area contributed by atoms with Crippen molar-refractivity contribution in [1.29, 1.82) is 0 Å². The number of hydrogen-bond donors (Lipinski definition) is 2. The summed E-state index contributed by atoms with van der Waals surface area (Å²) in [7, 11) is 0. The molecule has 0 unspecified atom stereocenters. The minimum atomic E-state index is -1.01. The predicted molar refractivity (Wildman–Crippen MR) is 65.7 cm³/mol. The molecule has 4 heteroatoms. The Morgan fingerprint density at radius 3 is 2.47 bits per heavy atom. The summed E-state index contributed by atoms with van der Waals surface area (Å²) in [6, 6.07) is 4.90. The van der Waals surface area contributed by atoms with E-state index in [1.807, 2.05) is 20.8 Å². The summed E-state index contributed by atoms with van der Waals surface area (Å²) in [4.78, 5) is 11.2. The molecule has 0 bridgehead atoms. The third kappa shape index (κ3) is 1.86. The molecule has 1 heterocycles. The molecule has 0 saturated carbocycles. The van der Waals surface area contributed by atoms with E-state index < -0.39 is 6.09 Å². The number of aromatic hydroxyl groups is 1. The van der Waals surface area contributed by atoms with Gasteiger partial charge >= 0.3 is 6.09 Å². The lowest BCUT2D eigenvalue weighted by Crippen LogP contribution is -2.21. The lowest BCUT2D eigenvalue weighted by Gasteiger charge is -2.20. The summed E-state index contributed by atoms with van der Waals surface area (Å²) in [5.74, 6) is 0.139. The van der Waals surface area contributed by atoms with Gasteiger partial charge in [0.15, 0.2) is 0 Å². The van der Waals surface area contributed by atoms with Gasteiger partial charge < -0.3 is 10.2 Å². The average Bonchev–Trinajstić information content (AvgIpc) is 2.55. The summed E-state index contributed by atoms with van der Waals surface area (Å²) >= 11 is 0. The van der Waals surface area contributed by atoms with Crippen LogP contribution < -0.4 is 0 Å². The van der Waals surface area contributed by atoms with Crippen LogP contribution in [0.5, 0.6) is 5.75 Å². The Morgan fingerprint density at radius 2 is 1.94 bits per heavy atom. The van der Waals surface area contributed by atoms with Gasteiger partial charge in [0, 0.05) is 28.1 Å². The molecule has 2 aromatic rings. The molecular weight excluding hydrogens is 218 g/mol. The zero-order chi connectivity index (χ0) is 12.8. The van der Waals surface area contributed by atoms with Gasteiger partial charge in [0.2, 0.25) is 0 Å². The molecular formula is C13H15NO3. The van der Waals surface area contributed by atoms with Crippen molar-refractivity contribution in [2.45, 2.75) is 26.2 Å². The van der Waals surface area contributed by atoms with Crippen molar-refractivity contribution in [2.75, 3.05) is 0 Å². The Labute approximate surface area is 99.1 Å². The van der Waals surface area contributed by atoms with Crippen molar-refractivity contribution < 1.29 is 15.0 Å². The molecule has 1 aromatic carbocycles. The van der Waals surface area contributed by atoms with Crippen LogP contribution in [0.2, 0.25) is 0 Å². The number of nitrogens with zero attached hydrogens (tertiary/aromatic N) is 1. The van der Waals surface area contributed by atoms with E-state index in [2.05, 4.69) is 0 Å². The monoisotopic (exact) mass is 233 g/mol. The van der Waals surface area contributed by atoms with Gasteiger partial charge in [-0.3, -0.25) is 4.57 Å². The van der Waals surface area contributed by atoms with Gasteiger partial charge in [0.25, 0.3) is 0 Å². The van der Waals surface area contributed by atoms with Gasteiger partial charge in [-0.2, -0.15) is 0 Å². The minimum absolute atomic E-state index is 0.139. The maximum atomic E-state index is 11.2. The van der Waals surface area contributed by atoms with Crippen molar-refractivity contribution >= 4 is 16.9 Å². The van der Waals surface area contributed by atoms with Gasteiger partial charge in [-0.05, 0) is 18.2 Å². The molecule has 4 nitrogen and oxygen atoms in total. The highest BCUT2D eigenvalue weighted by Crippen LogP contribution is 2.33. The zero-order valence-corrected chi connectivity index (χ0v) is 10.1. The van der Waals surface area contributed by atoms with Gasteiger partial charge in [0.1, 0.15) is 5.75 Å². The Morgan fingerprint density at radius 1 is 1.29 bits per heavy atom.